The molecule has 0 aromatic carbocycles. The van der Waals surface area contributed by atoms with Gasteiger partial charge in [-0.15, -0.1) is 5.10 Å². The molecule has 1 aliphatic heterocycles. The van der Waals surface area contributed by atoms with E-state index in [9.17, 15) is 4.79 Å². The third-order valence-corrected chi connectivity index (χ3v) is 6.75. The molecule has 9 nitrogen and oxygen atoms in total. The average Bonchev–Trinajstić information content (AvgIpc) is 3.12. The molecule has 162 valence electrons. The Kier molecular flexibility index (Phi) is 5.56. The maximum atomic E-state index is 12.8. The third-order valence-electron chi connectivity index (χ3n) is 6.75. The number of rotatable bonds is 8. The van der Waals surface area contributed by atoms with Crippen LogP contribution in [0.25, 0.3) is 0 Å². The molecule has 2 saturated carbocycles. The van der Waals surface area contributed by atoms with Crippen LogP contribution in [-0.2, 0) is 27.4 Å². The molecule has 5 rings (SSSR count). The number of nitrogens with zero attached hydrogens (tertiary/aromatic N) is 6. The van der Waals surface area contributed by atoms with E-state index >= 15 is 0 Å². The van der Waals surface area contributed by atoms with Gasteiger partial charge in [0, 0.05) is 39.2 Å². The maximum Gasteiger partial charge on any atom is 0.242 e. The number of amides is 1. The second-order valence-electron chi connectivity index (χ2n) is 9.03. The fraction of sp³-hybridized carbons (Fsp3) is 0.714. The second-order valence-corrected chi connectivity index (χ2v) is 9.03. The van der Waals surface area contributed by atoms with Gasteiger partial charge in [-0.05, 0) is 43.4 Å². The Bertz CT molecular complexity index is 849. The van der Waals surface area contributed by atoms with Crippen LogP contribution in [0.1, 0.15) is 37.4 Å². The molecule has 1 saturated heterocycles. The predicted molar refractivity (Wildman–Crippen MR) is 107 cm³/mol. The minimum atomic E-state index is 0.118. The Morgan fingerprint density at radius 1 is 1.23 bits per heavy atom. The Balaban J connectivity index is 1.27. The first kappa shape index (κ1) is 19.7. The molecule has 2 aliphatic carbocycles. The lowest BCUT2D eigenvalue weighted by Gasteiger charge is -2.37. The quantitative estimate of drug-likeness (QED) is 0.651. The molecule has 1 amide bonds. The van der Waals surface area contributed by atoms with Crippen LogP contribution in [0.3, 0.4) is 0 Å². The summed E-state index contributed by atoms with van der Waals surface area (Å²) >= 11 is 0. The van der Waals surface area contributed by atoms with E-state index in [-0.39, 0.29) is 18.1 Å². The summed E-state index contributed by atoms with van der Waals surface area (Å²) in [5, 5.41) is 8.64. The highest BCUT2D eigenvalue weighted by molar-refractivity contribution is 5.76. The topological polar surface area (TPSA) is 87.3 Å². The molecule has 2 aromatic heterocycles. The zero-order chi connectivity index (χ0) is 20.5. The fourth-order valence-electron chi connectivity index (χ4n) is 4.92. The molecule has 3 heterocycles. The monoisotopic (exact) mass is 414 g/mol. The summed E-state index contributed by atoms with van der Waals surface area (Å²) in [5.74, 6) is 1.84. The van der Waals surface area contributed by atoms with E-state index in [2.05, 4.69) is 15.3 Å². The molecular weight excluding hydrogens is 384 g/mol. The summed E-state index contributed by atoms with van der Waals surface area (Å²) in [4.78, 5) is 18.8. The maximum absolute atomic E-state index is 12.8. The zero-order valence-corrected chi connectivity index (χ0v) is 17.5. The van der Waals surface area contributed by atoms with Crippen LogP contribution in [0, 0.1) is 17.8 Å². The first-order valence-corrected chi connectivity index (χ1v) is 10.9. The van der Waals surface area contributed by atoms with Crippen LogP contribution in [0.4, 0.5) is 0 Å². The molecule has 0 radical (unpaired) electrons. The van der Waals surface area contributed by atoms with Gasteiger partial charge in [-0.1, -0.05) is 5.21 Å². The molecule has 2 aromatic rings. The van der Waals surface area contributed by atoms with Crippen molar-refractivity contribution in [1.82, 2.24) is 29.4 Å². The number of carbonyl (C=O) groups excluding carboxylic acids is 1. The minimum absolute atomic E-state index is 0.118. The van der Waals surface area contributed by atoms with Crippen molar-refractivity contribution in [2.24, 2.45) is 17.8 Å². The van der Waals surface area contributed by atoms with Crippen LogP contribution < -0.4 is 0 Å². The van der Waals surface area contributed by atoms with E-state index in [4.69, 9.17) is 9.47 Å². The van der Waals surface area contributed by atoms with E-state index in [1.54, 1.807) is 19.6 Å². The zero-order valence-electron chi connectivity index (χ0n) is 17.5. The van der Waals surface area contributed by atoms with Crippen molar-refractivity contribution in [2.45, 2.75) is 51.0 Å². The molecule has 30 heavy (non-hydrogen) atoms. The highest BCUT2D eigenvalue weighted by Gasteiger charge is 2.45. The van der Waals surface area contributed by atoms with Crippen molar-refractivity contribution >= 4 is 5.91 Å². The van der Waals surface area contributed by atoms with E-state index in [0.717, 1.165) is 44.1 Å². The average molecular weight is 415 g/mol. The molecule has 3 fully saturated rings. The number of hydrogen-bond acceptors (Lipinski definition) is 6. The molecule has 4 atom stereocenters. The molecule has 0 bridgehead atoms. The van der Waals surface area contributed by atoms with E-state index in [1.807, 2.05) is 26.5 Å². The fourth-order valence-corrected chi connectivity index (χ4v) is 4.92. The lowest BCUT2D eigenvalue weighted by molar-refractivity contribution is -0.131. The number of likely N-dealkylation sites (tertiary alicyclic amines) is 1. The number of aromatic nitrogens is 5. The van der Waals surface area contributed by atoms with Gasteiger partial charge in [0.2, 0.25) is 5.91 Å². The number of fused-ring (bicyclic) bond motifs is 1. The molecule has 0 spiro atoms. The van der Waals surface area contributed by atoms with Crippen molar-refractivity contribution in [1.29, 1.82) is 0 Å². The Morgan fingerprint density at radius 3 is 2.80 bits per heavy atom. The second kappa shape index (κ2) is 8.47. The van der Waals surface area contributed by atoms with Gasteiger partial charge >= 0.3 is 0 Å². The normalized spacial score (nSPS) is 28.6. The number of hydrogen-bond donors (Lipinski definition) is 0. The highest BCUT2D eigenvalue weighted by atomic mass is 16.5. The molecule has 0 N–H and O–H groups in total. The van der Waals surface area contributed by atoms with Crippen LogP contribution in [-0.4, -0.2) is 68.3 Å². The van der Waals surface area contributed by atoms with Gasteiger partial charge in [0.15, 0.2) is 0 Å². The molecule has 3 aliphatic rings. The summed E-state index contributed by atoms with van der Waals surface area (Å²) in [6, 6.07) is 0.159. The van der Waals surface area contributed by atoms with Gasteiger partial charge < -0.3 is 18.9 Å². The molecular formula is C21H30N6O3. The molecule has 9 heteroatoms. The predicted octanol–water partition coefficient (Wildman–Crippen LogP) is 1.53. The number of methoxy groups -OCH3 is 1. The van der Waals surface area contributed by atoms with Gasteiger partial charge in [0.25, 0.3) is 0 Å². The number of imidazole rings is 1. The Morgan fingerprint density at radius 2 is 2.07 bits per heavy atom. The summed E-state index contributed by atoms with van der Waals surface area (Å²) in [6.45, 7) is 3.28. The summed E-state index contributed by atoms with van der Waals surface area (Å²) in [5.41, 5.74) is 0.837. The SMILES string of the molecule is COCc1cn([C@@H]2C[C@@H]3CN(C(=O)Cn4ccnc4)C[C@@H]3C[C@H]2OCC2CC2)nn1. The Hall–Kier alpha value is -2.26. The van der Waals surface area contributed by atoms with Crippen molar-refractivity contribution < 1.29 is 14.3 Å². The van der Waals surface area contributed by atoms with Crippen LogP contribution in [0.2, 0.25) is 0 Å². The smallest absolute Gasteiger partial charge is 0.242 e. The summed E-state index contributed by atoms with van der Waals surface area (Å²) < 4.78 is 15.4. The van der Waals surface area contributed by atoms with Gasteiger partial charge in [-0.25, -0.2) is 9.67 Å². The van der Waals surface area contributed by atoms with E-state index < -0.39 is 0 Å². The van der Waals surface area contributed by atoms with Crippen molar-refractivity contribution in [3.63, 3.8) is 0 Å². The number of carbonyl (C=O) groups is 1. The minimum Gasteiger partial charge on any atom is -0.378 e. The lowest BCUT2D eigenvalue weighted by Crippen LogP contribution is -2.38. The summed E-state index contributed by atoms with van der Waals surface area (Å²) in [6.07, 6.45) is 11.8. The first-order chi connectivity index (χ1) is 14.7. The molecule has 0 unspecified atom stereocenters. The van der Waals surface area contributed by atoms with Gasteiger partial charge in [-0.2, -0.15) is 0 Å². The van der Waals surface area contributed by atoms with Crippen molar-refractivity contribution in [3.8, 4) is 0 Å². The third kappa shape index (κ3) is 4.27. The van der Waals surface area contributed by atoms with Gasteiger partial charge in [0.1, 0.15) is 12.2 Å². The highest BCUT2D eigenvalue weighted by Crippen LogP contribution is 2.43. The van der Waals surface area contributed by atoms with Crippen LogP contribution in [0.5, 0.6) is 0 Å². The van der Waals surface area contributed by atoms with E-state index in [1.165, 1.54) is 12.8 Å². The first-order valence-electron chi connectivity index (χ1n) is 10.9. The Labute approximate surface area is 176 Å². The van der Waals surface area contributed by atoms with Gasteiger partial charge in [-0.3, -0.25) is 4.79 Å². The van der Waals surface area contributed by atoms with Crippen molar-refractivity contribution in [3.05, 3.63) is 30.6 Å². The van der Waals surface area contributed by atoms with Crippen LogP contribution in [0.15, 0.2) is 24.9 Å². The van der Waals surface area contributed by atoms with Crippen molar-refractivity contribution in [2.75, 3.05) is 26.8 Å². The van der Waals surface area contributed by atoms with Gasteiger partial charge in [0.05, 0.1) is 31.3 Å². The van der Waals surface area contributed by atoms with Crippen LogP contribution >= 0.6 is 0 Å². The summed E-state index contributed by atoms with van der Waals surface area (Å²) in [7, 11) is 1.67. The lowest BCUT2D eigenvalue weighted by atomic mass is 9.77. The standard InChI is InChI=1S/C21H30N6O3/c1-29-13-18-10-27(24-23-18)19-6-16-8-26(21(28)11-25-5-4-22-14-25)9-17(16)7-20(19)30-12-15-2-3-15/h4-5,10,14-17,19-20H,2-3,6-9,11-13H2,1H3/t16-,17+,19-,20-/m1/s1. The largest absolute Gasteiger partial charge is 0.378 e. The number of ether oxygens (including phenoxy) is 2. The van der Waals surface area contributed by atoms with E-state index in [0.29, 0.717) is 25.0 Å².